The van der Waals surface area contributed by atoms with Crippen molar-refractivity contribution in [1.29, 1.82) is 0 Å². The number of aryl methyl sites for hydroxylation is 1. The maximum atomic E-state index is 13.3. The molecule has 3 aromatic rings. The van der Waals surface area contributed by atoms with Crippen LogP contribution in [0, 0.1) is 13.8 Å². The van der Waals surface area contributed by atoms with Crippen LogP contribution in [0.2, 0.25) is 0 Å². The summed E-state index contributed by atoms with van der Waals surface area (Å²) in [5, 5.41) is 3.70. The second-order valence-corrected chi connectivity index (χ2v) is 7.60. The summed E-state index contributed by atoms with van der Waals surface area (Å²) < 4.78 is 2.11. The molecule has 2 amide bonds. The van der Waals surface area contributed by atoms with E-state index in [2.05, 4.69) is 16.5 Å². The molecule has 2 aromatic carbocycles. The summed E-state index contributed by atoms with van der Waals surface area (Å²) in [6, 6.07) is 15.3. The molecule has 1 saturated heterocycles. The van der Waals surface area contributed by atoms with Gasteiger partial charge in [-0.2, -0.15) is 0 Å². The second-order valence-electron chi connectivity index (χ2n) is 7.21. The summed E-state index contributed by atoms with van der Waals surface area (Å²) >= 11 is 5.29. The standard InChI is InChI=1S/C24H21N3O2S/c1-4-13-26-16(3)19(18-7-5-6-8-21(18)26)14-20-22(28)25-24(30)27(23(20)29)17-11-9-15(2)10-12-17/h4-12,14H,1,13H2,2-3H3,(H,25,28,30)/b20-14+. The summed E-state index contributed by atoms with van der Waals surface area (Å²) in [4.78, 5) is 27.4. The fourth-order valence-corrected chi connectivity index (χ4v) is 4.02. The Labute approximate surface area is 180 Å². The number of thiocarbonyl (C=S) groups is 1. The molecule has 1 fully saturated rings. The summed E-state index contributed by atoms with van der Waals surface area (Å²) in [5.41, 5.74) is 4.55. The Hall–Kier alpha value is -3.51. The van der Waals surface area contributed by atoms with Crippen LogP contribution in [-0.2, 0) is 16.1 Å². The van der Waals surface area contributed by atoms with Gasteiger partial charge in [-0.25, -0.2) is 0 Å². The number of anilines is 1. The highest BCUT2D eigenvalue weighted by Gasteiger charge is 2.34. The SMILES string of the molecule is C=CCn1c(C)c(/C=C2\C(=O)NC(=S)N(c3ccc(C)cc3)C2=O)c2ccccc21. The van der Waals surface area contributed by atoms with E-state index in [0.29, 0.717) is 12.2 Å². The van der Waals surface area contributed by atoms with Crippen LogP contribution < -0.4 is 10.2 Å². The van der Waals surface area contributed by atoms with Gasteiger partial charge in [0.05, 0.1) is 5.69 Å². The molecule has 30 heavy (non-hydrogen) atoms. The maximum absolute atomic E-state index is 13.3. The maximum Gasteiger partial charge on any atom is 0.270 e. The lowest BCUT2D eigenvalue weighted by Gasteiger charge is -2.29. The molecule has 6 heteroatoms. The average Bonchev–Trinajstić information content (AvgIpc) is 2.98. The van der Waals surface area contributed by atoms with Crippen molar-refractivity contribution < 1.29 is 9.59 Å². The number of para-hydroxylation sites is 1. The number of benzene rings is 2. The number of hydrogen-bond acceptors (Lipinski definition) is 3. The van der Waals surface area contributed by atoms with Gasteiger partial charge in [-0.15, -0.1) is 6.58 Å². The third-order valence-corrected chi connectivity index (χ3v) is 5.56. The largest absolute Gasteiger partial charge is 0.340 e. The monoisotopic (exact) mass is 415 g/mol. The Bertz CT molecular complexity index is 1240. The van der Waals surface area contributed by atoms with E-state index >= 15 is 0 Å². The number of nitrogens with zero attached hydrogens (tertiary/aromatic N) is 2. The molecule has 1 aliphatic heterocycles. The van der Waals surface area contributed by atoms with Crippen LogP contribution >= 0.6 is 12.2 Å². The third kappa shape index (κ3) is 3.25. The van der Waals surface area contributed by atoms with Gasteiger partial charge in [0, 0.05) is 28.7 Å². The number of amides is 2. The first-order valence-electron chi connectivity index (χ1n) is 9.59. The molecular weight excluding hydrogens is 394 g/mol. The zero-order chi connectivity index (χ0) is 21.4. The topological polar surface area (TPSA) is 54.3 Å². The van der Waals surface area contributed by atoms with Gasteiger partial charge in [0.15, 0.2) is 5.11 Å². The summed E-state index contributed by atoms with van der Waals surface area (Å²) in [6.45, 7) is 8.41. The number of nitrogens with one attached hydrogen (secondary N) is 1. The molecule has 4 rings (SSSR count). The number of carbonyl (C=O) groups is 2. The van der Waals surface area contributed by atoms with Crippen LogP contribution in [0.4, 0.5) is 5.69 Å². The van der Waals surface area contributed by atoms with Gasteiger partial charge in [0.2, 0.25) is 0 Å². The quantitative estimate of drug-likeness (QED) is 0.300. The number of rotatable bonds is 4. The molecule has 1 aromatic heterocycles. The molecule has 1 N–H and O–H groups in total. The highest BCUT2D eigenvalue weighted by molar-refractivity contribution is 7.80. The van der Waals surface area contributed by atoms with Gasteiger partial charge in [-0.1, -0.05) is 42.0 Å². The van der Waals surface area contributed by atoms with Crippen molar-refractivity contribution in [2.45, 2.75) is 20.4 Å². The van der Waals surface area contributed by atoms with Gasteiger partial charge in [-0.3, -0.25) is 19.8 Å². The van der Waals surface area contributed by atoms with Gasteiger partial charge >= 0.3 is 0 Å². The molecule has 0 aliphatic carbocycles. The Morgan fingerprint density at radius 1 is 1.07 bits per heavy atom. The summed E-state index contributed by atoms with van der Waals surface area (Å²) in [5.74, 6) is -0.930. The van der Waals surface area contributed by atoms with Crippen LogP contribution in [0.1, 0.15) is 16.8 Å². The van der Waals surface area contributed by atoms with E-state index in [4.69, 9.17) is 12.2 Å². The van der Waals surface area contributed by atoms with Crippen molar-refractivity contribution in [1.82, 2.24) is 9.88 Å². The highest BCUT2D eigenvalue weighted by Crippen LogP contribution is 2.30. The zero-order valence-electron chi connectivity index (χ0n) is 16.8. The van der Waals surface area contributed by atoms with Crippen molar-refractivity contribution in [2.75, 3.05) is 4.90 Å². The van der Waals surface area contributed by atoms with Crippen LogP contribution in [0.3, 0.4) is 0 Å². The average molecular weight is 416 g/mol. The van der Waals surface area contributed by atoms with Gasteiger partial charge in [0.1, 0.15) is 5.57 Å². The molecule has 0 bridgehead atoms. The first kappa shape index (κ1) is 19.8. The highest BCUT2D eigenvalue weighted by atomic mass is 32.1. The number of fused-ring (bicyclic) bond motifs is 1. The van der Waals surface area contributed by atoms with E-state index in [1.165, 1.54) is 4.90 Å². The Morgan fingerprint density at radius 3 is 2.47 bits per heavy atom. The predicted molar refractivity (Wildman–Crippen MR) is 124 cm³/mol. The van der Waals surface area contributed by atoms with Crippen molar-refractivity contribution in [3.8, 4) is 0 Å². The molecule has 0 spiro atoms. The van der Waals surface area contributed by atoms with E-state index < -0.39 is 11.8 Å². The lowest BCUT2D eigenvalue weighted by atomic mass is 10.0. The van der Waals surface area contributed by atoms with Gasteiger partial charge in [-0.05, 0) is 50.3 Å². The van der Waals surface area contributed by atoms with Gasteiger partial charge < -0.3 is 4.57 Å². The molecule has 0 radical (unpaired) electrons. The lowest BCUT2D eigenvalue weighted by molar-refractivity contribution is -0.122. The molecule has 5 nitrogen and oxygen atoms in total. The number of carbonyl (C=O) groups excluding carboxylic acids is 2. The van der Waals surface area contributed by atoms with Crippen molar-refractivity contribution in [2.24, 2.45) is 0 Å². The molecule has 2 heterocycles. The number of hydrogen-bond donors (Lipinski definition) is 1. The first-order chi connectivity index (χ1) is 14.4. The first-order valence-corrected chi connectivity index (χ1v) is 10.00. The Morgan fingerprint density at radius 2 is 1.77 bits per heavy atom. The fourth-order valence-electron chi connectivity index (χ4n) is 3.73. The van der Waals surface area contributed by atoms with Crippen molar-refractivity contribution in [3.63, 3.8) is 0 Å². The van der Waals surface area contributed by atoms with E-state index in [1.54, 1.807) is 6.08 Å². The predicted octanol–water partition coefficient (Wildman–Crippen LogP) is 4.28. The lowest BCUT2D eigenvalue weighted by Crippen LogP contribution is -2.54. The van der Waals surface area contributed by atoms with Crippen molar-refractivity contribution >= 4 is 51.8 Å². The fraction of sp³-hybridized carbons (Fsp3) is 0.125. The molecular formula is C24H21N3O2S. The van der Waals surface area contributed by atoms with E-state index in [9.17, 15) is 9.59 Å². The number of aromatic nitrogens is 1. The minimum Gasteiger partial charge on any atom is -0.340 e. The second kappa shape index (κ2) is 7.72. The summed E-state index contributed by atoms with van der Waals surface area (Å²) in [7, 11) is 0. The van der Waals surface area contributed by atoms with Gasteiger partial charge in [0.25, 0.3) is 11.8 Å². The van der Waals surface area contributed by atoms with Crippen LogP contribution in [-0.4, -0.2) is 21.5 Å². The minimum atomic E-state index is -0.492. The van der Waals surface area contributed by atoms with E-state index in [0.717, 1.165) is 27.7 Å². The smallest absolute Gasteiger partial charge is 0.270 e. The van der Waals surface area contributed by atoms with Crippen LogP contribution in [0.5, 0.6) is 0 Å². The Kier molecular flexibility index (Phi) is 5.10. The van der Waals surface area contributed by atoms with Crippen molar-refractivity contribution in [3.05, 3.63) is 83.6 Å². The molecule has 0 unspecified atom stereocenters. The zero-order valence-corrected chi connectivity index (χ0v) is 17.6. The normalized spacial score (nSPS) is 15.7. The van der Waals surface area contributed by atoms with E-state index in [-0.39, 0.29) is 10.7 Å². The van der Waals surface area contributed by atoms with Crippen LogP contribution in [0.25, 0.3) is 17.0 Å². The number of allylic oxidation sites excluding steroid dienone is 1. The summed E-state index contributed by atoms with van der Waals surface area (Å²) in [6.07, 6.45) is 3.49. The molecule has 0 atom stereocenters. The van der Waals surface area contributed by atoms with Crippen LogP contribution in [0.15, 0.2) is 66.8 Å². The third-order valence-electron chi connectivity index (χ3n) is 5.27. The molecule has 0 saturated carbocycles. The Balaban J connectivity index is 1.85. The minimum absolute atomic E-state index is 0.0498. The molecule has 1 aliphatic rings. The van der Waals surface area contributed by atoms with E-state index in [1.807, 2.05) is 68.5 Å². The molecule has 150 valence electrons.